The van der Waals surface area contributed by atoms with Crippen molar-refractivity contribution in [2.75, 3.05) is 32.8 Å². The van der Waals surface area contributed by atoms with Gasteiger partial charge in [-0.15, -0.1) is 0 Å². The maximum absolute atomic E-state index is 13.8. The Morgan fingerprint density at radius 1 is 1.24 bits per heavy atom. The van der Waals surface area contributed by atoms with Gasteiger partial charge in [0, 0.05) is 44.2 Å². The molecule has 0 saturated carbocycles. The number of carbonyl (C=O) groups excluding carboxylic acids is 1. The van der Waals surface area contributed by atoms with E-state index in [4.69, 9.17) is 4.84 Å². The molecule has 1 amide bonds. The van der Waals surface area contributed by atoms with E-state index in [0.29, 0.717) is 19.5 Å². The number of likely N-dealkylation sites (tertiary alicyclic amines) is 1. The first-order valence-electron chi connectivity index (χ1n) is 9.34. The summed E-state index contributed by atoms with van der Waals surface area (Å²) in [6.07, 6.45) is 4.70. The highest BCUT2D eigenvalue weighted by Gasteiger charge is 2.22. The molecule has 2 saturated heterocycles. The summed E-state index contributed by atoms with van der Waals surface area (Å²) in [6, 6.07) is 7.06. The number of nitrogens with zero attached hydrogens (tertiary/aromatic N) is 2. The molecule has 2 aliphatic rings. The normalized spacial score (nSPS) is 22.7. The van der Waals surface area contributed by atoms with Gasteiger partial charge in [0.05, 0.1) is 6.61 Å². The lowest BCUT2D eigenvalue weighted by Crippen LogP contribution is -2.48. The predicted molar refractivity (Wildman–Crippen MR) is 94.2 cm³/mol. The molecule has 0 bridgehead atoms. The quantitative estimate of drug-likeness (QED) is 0.856. The van der Waals surface area contributed by atoms with Crippen LogP contribution in [0.25, 0.3) is 0 Å². The lowest BCUT2D eigenvalue weighted by Gasteiger charge is -2.33. The third kappa shape index (κ3) is 5.76. The molecule has 0 aromatic heterocycles. The number of carbonyl (C=O) groups is 1. The van der Waals surface area contributed by atoms with Crippen molar-refractivity contribution in [1.29, 1.82) is 0 Å². The van der Waals surface area contributed by atoms with Gasteiger partial charge in [0.25, 0.3) is 0 Å². The number of amides is 1. The van der Waals surface area contributed by atoms with Crippen molar-refractivity contribution in [3.8, 4) is 0 Å². The average molecular weight is 349 g/mol. The molecular weight excluding hydrogens is 321 g/mol. The highest BCUT2D eigenvalue weighted by atomic mass is 19.1. The first kappa shape index (κ1) is 18.3. The molecule has 1 atom stereocenters. The van der Waals surface area contributed by atoms with E-state index in [0.717, 1.165) is 57.5 Å². The molecule has 0 aliphatic carbocycles. The van der Waals surface area contributed by atoms with E-state index in [1.165, 1.54) is 6.07 Å². The van der Waals surface area contributed by atoms with E-state index in [2.05, 4.69) is 10.2 Å². The van der Waals surface area contributed by atoms with Gasteiger partial charge >= 0.3 is 0 Å². The fraction of sp³-hybridized carbons (Fsp3) is 0.632. The summed E-state index contributed by atoms with van der Waals surface area (Å²) in [5.41, 5.74) is 0.719. The number of piperidine rings is 1. The Morgan fingerprint density at radius 2 is 2.12 bits per heavy atom. The molecule has 1 aromatic carbocycles. The minimum atomic E-state index is -0.157. The largest absolute Gasteiger partial charge is 0.352 e. The highest BCUT2D eigenvalue weighted by Crippen LogP contribution is 2.16. The Kier molecular flexibility index (Phi) is 6.78. The SMILES string of the molecule is O=C(CCN1CCCCO1)N[C@@H]1CCCN(Cc2ccccc2F)C1. The Morgan fingerprint density at radius 3 is 2.92 bits per heavy atom. The zero-order valence-electron chi connectivity index (χ0n) is 14.8. The van der Waals surface area contributed by atoms with Crippen molar-refractivity contribution in [3.05, 3.63) is 35.6 Å². The molecule has 1 aromatic rings. The molecule has 5 nitrogen and oxygen atoms in total. The van der Waals surface area contributed by atoms with Gasteiger partial charge in [-0.25, -0.2) is 4.39 Å². The van der Waals surface area contributed by atoms with Gasteiger partial charge in [0.2, 0.25) is 5.91 Å². The van der Waals surface area contributed by atoms with Gasteiger partial charge in [0.15, 0.2) is 0 Å². The van der Waals surface area contributed by atoms with E-state index >= 15 is 0 Å². The van der Waals surface area contributed by atoms with Crippen molar-refractivity contribution in [2.24, 2.45) is 0 Å². The van der Waals surface area contributed by atoms with Gasteiger partial charge < -0.3 is 5.32 Å². The molecule has 138 valence electrons. The Balaban J connectivity index is 1.41. The van der Waals surface area contributed by atoms with E-state index in [9.17, 15) is 9.18 Å². The molecule has 0 unspecified atom stereocenters. The monoisotopic (exact) mass is 349 g/mol. The van der Waals surface area contributed by atoms with E-state index < -0.39 is 0 Å². The first-order chi connectivity index (χ1) is 12.2. The molecule has 2 heterocycles. The van der Waals surface area contributed by atoms with Crippen LogP contribution in [-0.4, -0.2) is 54.7 Å². The van der Waals surface area contributed by atoms with Gasteiger partial charge in [-0.05, 0) is 38.3 Å². The average Bonchev–Trinajstić information content (AvgIpc) is 2.63. The molecule has 6 heteroatoms. The van der Waals surface area contributed by atoms with Crippen molar-refractivity contribution >= 4 is 5.91 Å². The van der Waals surface area contributed by atoms with Gasteiger partial charge in [-0.2, -0.15) is 5.06 Å². The minimum Gasteiger partial charge on any atom is -0.352 e. The lowest BCUT2D eigenvalue weighted by molar-refractivity contribution is -0.181. The second-order valence-electron chi connectivity index (χ2n) is 6.95. The van der Waals surface area contributed by atoms with Crippen LogP contribution in [0.4, 0.5) is 4.39 Å². The first-order valence-corrected chi connectivity index (χ1v) is 9.34. The zero-order chi connectivity index (χ0) is 17.5. The number of halogens is 1. The van der Waals surface area contributed by atoms with Gasteiger partial charge in [0.1, 0.15) is 5.82 Å². The van der Waals surface area contributed by atoms with Crippen LogP contribution in [0, 0.1) is 5.82 Å². The topological polar surface area (TPSA) is 44.8 Å². The molecule has 25 heavy (non-hydrogen) atoms. The maximum Gasteiger partial charge on any atom is 0.221 e. The Hall–Kier alpha value is -1.50. The standard InChI is InChI=1S/C19H28FN3O2/c20-18-8-2-1-6-16(18)14-22-10-5-7-17(15-22)21-19(24)9-12-23-11-3-4-13-25-23/h1-2,6,8,17H,3-5,7,9-15H2,(H,21,24)/t17-/m1/s1. The van der Waals surface area contributed by atoms with Gasteiger partial charge in [-0.3, -0.25) is 14.5 Å². The molecule has 0 radical (unpaired) electrons. The number of nitrogens with one attached hydrogen (secondary N) is 1. The number of hydrogen-bond acceptors (Lipinski definition) is 4. The number of benzene rings is 1. The summed E-state index contributed by atoms with van der Waals surface area (Å²) in [4.78, 5) is 19.9. The second-order valence-corrected chi connectivity index (χ2v) is 6.95. The van der Waals surface area contributed by atoms with Crippen LogP contribution in [0.2, 0.25) is 0 Å². The molecule has 1 N–H and O–H groups in total. The summed E-state index contributed by atoms with van der Waals surface area (Å²) in [5, 5.41) is 5.03. The van der Waals surface area contributed by atoms with E-state index in [1.54, 1.807) is 6.07 Å². The summed E-state index contributed by atoms with van der Waals surface area (Å²) in [6.45, 7) is 4.64. The summed E-state index contributed by atoms with van der Waals surface area (Å²) in [5.74, 6) is -0.0814. The van der Waals surface area contributed by atoms with Crippen molar-refractivity contribution < 1.29 is 14.0 Å². The highest BCUT2D eigenvalue weighted by molar-refractivity contribution is 5.76. The van der Waals surface area contributed by atoms with Gasteiger partial charge in [-0.1, -0.05) is 18.2 Å². The van der Waals surface area contributed by atoms with E-state index in [-0.39, 0.29) is 17.8 Å². The lowest BCUT2D eigenvalue weighted by atomic mass is 10.0. The predicted octanol–water partition coefficient (Wildman–Crippen LogP) is 2.32. The maximum atomic E-state index is 13.8. The zero-order valence-corrected chi connectivity index (χ0v) is 14.8. The van der Waals surface area contributed by atoms with Crippen LogP contribution in [0.3, 0.4) is 0 Å². The summed E-state index contributed by atoms with van der Waals surface area (Å²) < 4.78 is 13.8. The second kappa shape index (κ2) is 9.27. The third-order valence-corrected chi connectivity index (χ3v) is 4.89. The number of rotatable bonds is 6. The van der Waals surface area contributed by atoms with Crippen LogP contribution in [-0.2, 0) is 16.2 Å². The van der Waals surface area contributed by atoms with E-state index in [1.807, 2.05) is 17.2 Å². The smallest absolute Gasteiger partial charge is 0.221 e. The number of hydrogen-bond donors (Lipinski definition) is 1. The Labute approximate surface area is 149 Å². The number of hydroxylamine groups is 2. The van der Waals surface area contributed by atoms with Crippen LogP contribution < -0.4 is 5.32 Å². The van der Waals surface area contributed by atoms with Crippen LogP contribution in [0.15, 0.2) is 24.3 Å². The van der Waals surface area contributed by atoms with Crippen LogP contribution in [0.1, 0.15) is 37.7 Å². The van der Waals surface area contributed by atoms with Crippen LogP contribution in [0.5, 0.6) is 0 Å². The van der Waals surface area contributed by atoms with Crippen molar-refractivity contribution in [2.45, 2.75) is 44.7 Å². The van der Waals surface area contributed by atoms with Crippen molar-refractivity contribution in [3.63, 3.8) is 0 Å². The molecule has 3 rings (SSSR count). The minimum absolute atomic E-state index is 0.0758. The fourth-order valence-electron chi connectivity index (χ4n) is 3.54. The molecule has 2 aliphatic heterocycles. The summed E-state index contributed by atoms with van der Waals surface area (Å²) in [7, 11) is 0. The molecule has 2 fully saturated rings. The third-order valence-electron chi connectivity index (χ3n) is 4.89. The molecule has 0 spiro atoms. The fourth-order valence-corrected chi connectivity index (χ4v) is 3.54. The van der Waals surface area contributed by atoms with Crippen LogP contribution >= 0.6 is 0 Å². The summed E-state index contributed by atoms with van der Waals surface area (Å²) >= 11 is 0. The Bertz CT molecular complexity index is 563. The van der Waals surface area contributed by atoms with Crippen molar-refractivity contribution in [1.82, 2.24) is 15.3 Å². The molecular formula is C19H28FN3O2.